The minimum Gasteiger partial charge on any atom is -0.389 e. The number of rotatable bonds is 0. The summed E-state index contributed by atoms with van der Waals surface area (Å²) in [5.74, 6) is 0. The topological polar surface area (TPSA) is 29.5 Å². The summed E-state index contributed by atoms with van der Waals surface area (Å²) < 4.78 is 5.36. The smallest absolute Gasteiger partial charge is 0.0854 e. The molecule has 1 heterocycles. The van der Waals surface area contributed by atoms with Crippen molar-refractivity contribution < 1.29 is 9.84 Å². The summed E-state index contributed by atoms with van der Waals surface area (Å²) in [4.78, 5) is 0. The third-order valence-corrected chi connectivity index (χ3v) is 1.92. The fourth-order valence-electron chi connectivity index (χ4n) is 1.44. The first-order chi connectivity index (χ1) is 4.86. The lowest BCUT2D eigenvalue weighted by molar-refractivity contribution is 0.0741. The third-order valence-electron chi connectivity index (χ3n) is 1.92. The predicted molar refractivity (Wildman–Crippen MR) is 37.6 cm³/mol. The van der Waals surface area contributed by atoms with Gasteiger partial charge in [0.25, 0.3) is 0 Å². The number of aliphatic hydroxyl groups excluding tert-OH is 1. The SMILES string of the molecule is O[C@H]1C=C2C=CCO[C@@H]2C1. The van der Waals surface area contributed by atoms with Gasteiger partial charge in [-0.25, -0.2) is 0 Å². The third kappa shape index (κ3) is 0.895. The van der Waals surface area contributed by atoms with Crippen LogP contribution in [0.1, 0.15) is 6.42 Å². The first-order valence-electron chi connectivity index (χ1n) is 3.54. The van der Waals surface area contributed by atoms with Crippen LogP contribution in [-0.2, 0) is 4.74 Å². The second-order valence-electron chi connectivity index (χ2n) is 2.69. The summed E-state index contributed by atoms with van der Waals surface area (Å²) in [5.41, 5.74) is 1.14. The van der Waals surface area contributed by atoms with Crippen LogP contribution < -0.4 is 0 Å². The monoisotopic (exact) mass is 138 g/mol. The summed E-state index contributed by atoms with van der Waals surface area (Å²) in [5, 5.41) is 9.17. The van der Waals surface area contributed by atoms with Crippen LogP contribution in [-0.4, -0.2) is 23.9 Å². The molecule has 10 heavy (non-hydrogen) atoms. The number of hydrogen-bond donors (Lipinski definition) is 1. The van der Waals surface area contributed by atoms with Gasteiger partial charge in [-0.3, -0.25) is 0 Å². The average Bonchev–Trinajstić information content (AvgIpc) is 2.27. The molecule has 0 saturated heterocycles. The lowest BCUT2D eigenvalue weighted by Gasteiger charge is -2.16. The van der Waals surface area contributed by atoms with Crippen LogP contribution >= 0.6 is 0 Å². The molecule has 0 spiro atoms. The van der Waals surface area contributed by atoms with Crippen LogP contribution in [0, 0.1) is 0 Å². The van der Waals surface area contributed by atoms with Crippen LogP contribution in [0.15, 0.2) is 23.8 Å². The maximum Gasteiger partial charge on any atom is 0.0854 e. The molecule has 0 aromatic rings. The molecule has 0 radical (unpaired) electrons. The molecule has 0 amide bonds. The van der Waals surface area contributed by atoms with E-state index in [4.69, 9.17) is 9.84 Å². The maximum atomic E-state index is 9.17. The Hall–Kier alpha value is -0.600. The van der Waals surface area contributed by atoms with Gasteiger partial charge < -0.3 is 9.84 Å². The molecule has 0 bridgehead atoms. The highest BCUT2D eigenvalue weighted by molar-refractivity contribution is 5.31. The zero-order valence-corrected chi connectivity index (χ0v) is 5.66. The van der Waals surface area contributed by atoms with E-state index in [1.807, 2.05) is 18.2 Å². The Bertz CT molecular complexity index is 193. The van der Waals surface area contributed by atoms with E-state index in [-0.39, 0.29) is 12.2 Å². The predicted octanol–water partition coefficient (Wildman–Crippen LogP) is 0.632. The number of hydrogen-bond acceptors (Lipinski definition) is 2. The molecule has 2 atom stereocenters. The number of fused-ring (bicyclic) bond motifs is 1. The van der Waals surface area contributed by atoms with E-state index in [0.29, 0.717) is 6.61 Å². The minimum absolute atomic E-state index is 0.167. The largest absolute Gasteiger partial charge is 0.389 e. The molecular weight excluding hydrogens is 128 g/mol. The van der Waals surface area contributed by atoms with E-state index in [0.717, 1.165) is 12.0 Å². The molecule has 0 unspecified atom stereocenters. The Morgan fingerprint density at radius 2 is 2.50 bits per heavy atom. The fourth-order valence-corrected chi connectivity index (χ4v) is 1.44. The molecule has 0 aromatic heterocycles. The molecule has 54 valence electrons. The molecule has 2 heteroatoms. The van der Waals surface area contributed by atoms with Gasteiger partial charge in [-0.2, -0.15) is 0 Å². The Morgan fingerprint density at radius 3 is 3.30 bits per heavy atom. The average molecular weight is 138 g/mol. The lowest BCUT2D eigenvalue weighted by Crippen LogP contribution is -2.16. The molecule has 0 aromatic carbocycles. The highest BCUT2D eigenvalue weighted by Crippen LogP contribution is 2.25. The zero-order valence-electron chi connectivity index (χ0n) is 5.66. The van der Waals surface area contributed by atoms with Gasteiger partial charge in [0.05, 0.1) is 18.8 Å². The normalized spacial score (nSPS) is 37.5. The number of ether oxygens (including phenoxy) is 1. The van der Waals surface area contributed by atoms with Crippen molar-refractivity contribution in [2.45, 2.75) is 18.6 Å². The molecule has 2 aliphatic rings. The number of aliphatic hydroxyl groups is 1. The van der Waals surface area contributed by atoms with Crippen LogP contribution in [0.25, 0.3) is 0 Å². The second-order valence-corrected chi connectivity index (χ2v) is 2.69. The van der Waals surface area contributed by atoms with Crippen molar-refractivity contribution in [3.05, 3.63) is 23.8 Å². The van der Waals surface area contributed by atoms with Crippen LogP contribution in [0.4, 0.5) is 0 Å². The van der Waals surface area contributed by atoms with Crippen LogP contribution in [0.5, 0.6) is 0 Å². The van der Waals surface area contributed by atoms with Gasteiger partial charge in [0.2, 0.25) is 0 Å². The van der Waals surface area contributed by atoms with Crippen LogP contribution in [0.2, 0.25) is 0 Å². The quantitative estimate of drug-likeness (QED) is 0.532. The van der Waals surface area contributed by atoms with Crippen molar-refractivity contribution in [2.24, 2.45) is 0 Å². The van der Waals surface area contributed by atoms with Crippen molar-refractivity contribution in [1.29, 1.82) is 0 Å². The van der Waals surface area contributed by atoms with Crippen molar-refractivity contribution in [3.63, 3.8) is 0 Å². The van der Waals surface area contributed by atoms with Gasteiger partial charge in [0, 0.05) is 6.42 Å². The molecular formula is C8H10O2. The maximum absolute atomic E-state index is 9.17. The van der Waals surface area contributed by atoms with E-state index in [1.165, 1.54) is 0 Å². The van der Waals surface area contributed by atoms with E-state index >= 15 is 0 Å². The summed E-state index contributed by atoms with van der Waals surface area (Å²) in [7, 11) is 0. The van der Waals surface area contributed by atoms with Gasteiger partial charge in [-0.15, -0.1) is 0 Å². The molecule has 0 saturated carbocycles. The Kier molecular flexibility index (Phi) is 1.36. The van der Waals surface area contributed by atoms with Crippen molar-refractivity contribution in [1.82, 2.24) is 0 Å². The molecule has 1 aliphatic carbocycles. The first-order valence-corrected chi connectivity index (χ1v) is 3.54. The first kappa shape index (κ1) is 6.13. The zero-order chi connectivity index (χ0) is 6.97. The summed E-state index contributed by atoms with van der Waals surface area (Å²) in [6.07, 6.45) is 6.48. The minimum atomic E-state index is -0.289. The lowest BCUT2D eigenvalue weighted by atomic mass is 10.1. The van der Waals surface area contributed by atoms with E-state index < -0.39 is 0 Å². The van der Waals surface area contributed by atoms with Crippen molar-refractivity contribution in [2.75, 3.05) is 6.61 Å². The summed E-state index contributed by atoms with van der Waals surface area (Å²) >= 11 is 0. The highest BCUT2D eigenvalue weighted by atomic mass is 16.5. The van der Waals surface area contributed by atoms with E-state index in [1.54, 1.807) is 0 Å². The molecule has 1 aliphatic heterocycles. The Morgan fingerprint density at radius 1 is 1.60 bits per heavy atom. The van der Waals surface area contributed by atoms with E-state index in [9.17, 15) is 0 Å². The second kappa shape index (κ2) is 2.22. The van der Waals surface area contributed by atoms with E-state index in [2.05, 4.69) is 0 Å². The molecule has 2 nitrogen and oxygen atoms in total. The molecule has 1 N–H and O–H groups in total. The van der Waals surface area contributed by atoms with Gasteiger partial charge in [0.1, 0.15) is 0 Å². The van der Waals surface area contributed by atoms with Gasteiger partial charge in [-0.1, -0.05) is 18.2 Å². The summed E-state index contributed by atoms with van der Waals surface area (Å²) in [6.45, 7) is 0.689. The molecule has 0 fully saturated rings. The Balaban J connectivity index is 2.22. The standard InChI is InChI=1S/C8H10O2/c9-7-4-6-2-1-3-10-8(6)5-7/h1-2,4,7-9H,3,5H2/t7-,8+/m0/s1. The Labute approximate surface area is 59.8 Å². The van der Waals surface area contributed by atoms with Gasteiger partial charge in [-0.05, 0) is 5.57 Å². The van der Waals surface area contributed by atoms with Crippen molar-refractivity contribution >= 4 is 0 Å². The van der Waals surface area contributed by atoms with Gasteiger partial charge >= 0.3 is 0 Å². The summed E-state index contributed by atoms with van der Waals surface area (Å²) in [6, 6.07) is 0. The van der Waals surface area contributed by atoms with Crippen LogP contribution in [0.3, 0.4) is 0 Å². The van der Waals surface area contributed by atoms with Crippen molar-refractivity contribution in [3.8, 4) is 0 Å². The highest BCUT2D eigenvalue weighted by Gasteiger charge is 2.25. The van der Waals surface area contributed by atoms with Gasteiger partial charge in [0.15, 0.2) is 0 Å². The fraction of sp³-hybridized carbons (Fsp3) is 0.500. The molecule has 2 rings (SSSR count).